The fourth-order valence-electron chi connectivity index (χ4n) is 4.06. The van der Waals surface area contributed by atoms with Crippen molar-refractivity contribution >= 4 is 23.2 Å². The van der Waals surface area contributed by atoms with Gasteiger partial charge in [0, 0.05) is 30.6 Å². The first-order valence-corrected chi connectivity index (χ1v) is 9.89. The van der Waals surface area contributed by atoms with E-state index in [9.17, 15) is 9.59 Å². The number of nitrogens with one attached hydrogen (secondary N) is 1. The van der Waals surface area contributed by atoms with E-state index in [1.807, 2.05) is 17.5 Å². The van der Waals surface area contributed by atoms with Crippen molar-refractivity contribution in [1.82, 2.24) is 10.2 Å². The molecule has 3 aliphatic rings. The summed E-state index contributed by atoms with van der Waals surface area (Å²) in [5, 5.41) is 5.07. The molecule has 1 saturated heterocycles. The maximum Gasteiger partial charge on any atom is 0.261 e. The van der Waals surface area contributed by atoms with Gasteiger partial charge in [-0.15, -0.1) is 11.3 Å². The summed E-state index contributed by atoms with van der Waals surface area (Å²) in [4.78, 5) is 27.6. The molecule has 0 spiro atoms. The van der Waals surface area contributed by atoms with E-state index in [0.717, 1.165) is 37.1 Å². The van der Waals surface area contributed by atoms with Gasteiger partial charge >= 0.3 is 0 Å². The van der Waals surface area contributed by atoms with E-state index < -0.39 is 0 Å². The van der Waals surface area contributed by atoms with Gasteiger partial charge in [0.05, 0.1) is 4.88 Å². The predicted octanol–water partition coefficient (Wildman–Crippen LogP) is 3.56. The lowest BCUT2D eigenvalue weighted by molar-refractivity contribution is -0.134. The highest BCUT2D eigenvalue weighted by molar-refractivity contribution is 7.12. The molecule has 2 amide bonds. The number of thiophene rings is 1. The number of nitrogens with zero attached hydrogens (tertiary/aromatic N) is 1. The van der Waals surface area contributed by atoms with Crippen LogP contribution in [0.2, 0.25) is 0 Å². The number of piperidine rings is 1. The molecule has 1 N–H and O–H groups in total. The second-order valence-electron chi connectivity index (χ2n) is 7.37. The molecule has 2 fully saturated rings. The average Bonchev–Trinajstić information content (AvgIpc) is 3.25. The number of rotatable bonds is 5. The minimum absolute atomic E-state index is 0.00920. The second-order valence-corrected chi connectivity index (χ2v) is 8.32. The zero-order chi connectivity index (χ0) is 16.6. The van der Waals surface area contributed by atoms with E-state index in [1.165, 1.54) is 29.9 Å². The minimum Gasteiger partial charge on any atom is -0.350 e. The lowest BCUT2D eigenvalue weighted by Gasteiger charge is -2.47. The van der Waals surface area contributed by atoms with E-state index in [4.69, 9.17) is 0 Å². The highest BCUT2D eigenvalue weighted by Gasteiger charge is 2.45. The number of allylic oxidation sites excluding steroid dienone is 1. The molecular formula is C19H24N2O2S. The molecule has 4 rings (SSSR count). The Morgan fingerprint density at radius 1 is 1.38 bits per heavy atom. The Morgan fingerprint density at radius 3 is 3.00 bits per heavy atom. The van der Waals surface area contributed by atoms with Crippen LogP contribution >= 0.6 is 11.3 Å². The fraction of sp³-hybridized carbons (Fsp3) is 0.579. The van der Waals surface area contributed by atoms with Crippen molar-refractivity contribution in [1.29, 1.82) is 0 Å². The molecule has 24 heavy (non-hydrogen) atoms. The number of hydrogen-bond acceptors (Lipinski definition) is 3. The van der Waals surface area contributed by atoms with E-state index in [0.29, 0.717) is 18.9 Å². The smallest absolute Gasteiger partial charge is 0.261 e. The van der Waals surface area contributed by atoms with Crippen molar-refractivity contribution in [2.24, 2.45) is 11.3 Å². The molecule has 128 valence electrons. The molecule has 0 radical (unpaired) electrons. The third kappa shape index (κ3) is 3.02. The van der Waals surface area contributed by atoms with Gasteiger partial charge in [-0.25, -0.2) is 0 Å². The van der Waals surface area contributed by atoms with Crippen LogP contribution in [-0.4, -0.2) is 29.8 Å². The van der Waals surface area contributed by atoms with Crippen molar-refractivity contribution in [3.8, 4) is 0 Å². The van der Waals surface area contributed by atoms with Crippen LogP contribution in [0.3, 0.4) is 0 Å². The highest BCUT2D eigenvalue weighted by atomic mass is 32.1. The molecule has 1 aromatic rings. The van der Waals surface area contributed by atoms with Gasteiger partial charge in [-0.1, -0.05) is 12.1 Å². The maximum atomic E-state index is 12.5. The molecule has 2 aliphatic carbocycles. The average molecular weight is 344 g/mol. The molecule has 1 unspecified atom stereocenters. The van der Waals surface area contributed by atoms with Crippen LogP contribution in [0.1, 0.15) is 54.6 Å². The third-order valence-corrected chi connectivity index (χ3v) is 6.49. The zero-order valence-corrected chi connectivity index (χ0v) is 14.7. The van der Waals surface area contributed by atoms with Gasteiger partial charge in [-0.2, -0.15) is 0 Å². The van der Waals surface area contributed by atoms with Gasteiger partial charge in [0.25, 0.3) is 5.91 Å². The van der Waals surface area contributed by atoms with Crippen LogP contribution < -0.4 is 5.32 Å². The highest BCUT2D eigenvalue weighted by Crippen LogP contribution is 2.47. The lowest BCUT2D eigenvalue weighted by atomic mass is 9.69. The topological polar surface area (TPSA) is 49.4 Å². The summed E-state index contributed by atoms with van der Waals surface area (Å²) >= 11 is 1.47. The van der Waals surface area contributed by atoms with Crippen molar-refractivity contribution in [2.75, 3.05) is 13.1 Å². The van der Waals surface area contributed by atoms with Crippen molar-refractivity contribution in [3.05, 3.63) is 34.2 Å². The van der Waals surface area contributed by atoms with Gasteiger partial charge in [0.2, 0.25) is 5.91 Å². The van der Waals surface area contributed by atoms with E-state index in [1.54, 1.807) is 0 Å². The summed E-state index contributed by atoms with van der Waals surface area (Å²) in [6.07, 6.45) is 9.49. The number of carbonyl (C=O) groups is 2. The minimum atomic E-state index is -0.0476. The van der Waals surface area contributed by atoms with Gasteiger partial charge < -0.3 is 10.2 Å². The standard InChI is InChI=1S/C19H24N2O2S/c22-17-8-10-19(13-20-18(23)15-4-3-11-24-15)9-2-1-5-16(19)21(17)12-14-6-7-14/h3-5,11,14H,1-2,6-10,12-13H2,(H,20,23). The van der Waals surface area contributed by atoms with E-state index in [-0.39, 0.29) is 17.2 Å². The molecule has 0 bridgehead atoms. The maximum absolute atomic E-state index is 12.5. The Hall–Kier alpha value is -1.62. The van der Waals surface area contributed by atoms with E-state index >= 15 is 0 Å². The number of fused-ring (bicyclic) bond motifs is 1. The van der Waals surface area contributed by atoms with Gasteiger partial charge in [0.15, 0.2) is 0 Å². The molecule has 5 heteroatoms. The largest absolute Gasteiger partial charge is 0.350 e. The van der Waals surface area contributed by atoms with Gasteiger partial charge in [-0.3, -0.25) is 9.59 Å². The van der Waals surface area contributed by atoms with Crippen LogP contribution in [0.4, 0.5) is 0 Å². The van der Waals surface area contributed by atoms with Crippen molar-refractivity contribution in [2.45, 2.75) is 44.9 Å². The Kier molecular flexibility index (Phi) is 4.21. The summed E-state index contributed by atoms with van der Waals surface area (Å²) in [5.41, 5.74) is 1.15. The summed E-state index contributed by atoms with van der Waals surface area (Å²) in [6.45, 7) is 1.52. The third-order valence-electron chi connectivity index (χ3n) is 5.62. The van der Waals surface area contributed by atoms with Gasteiger partial charge in [-0.05, 0) is 55.9 Å². The summed E-state index contributed by atoms with van der Waals surface area (Å²) in [7, 11) is 0. The molecule has 1 aliphatic heterocycles. The monoisotopic (exact) mass is 344 g/mol. The Labute approximate surface area is 146 Å². The molecule has 1 saturated carbocycles. The summed E-state index contributed by atoms with van der Waals surface area (Å²) in [6, 6.07) is 3.76. The van der Waals surface area contributed by atoms with E-state index in [2.05, 4.69) is 16.3 Å². The first-order valence-electron chi connectivity index (χ1n) is 9.01. The Balaban J connectivity index is 1.52. The van der Waals surface area contributed by atoms with Crippen LogP contribution in [0.25, 0.3) is 0 Å². The lowest BCUT2D eigenvalue weighted by Crippen LogP contribution is -2.51. The summed E-state index contributed by atoms with van der Waals surface area (Å²) in [5.74, 6) is 0.971. The normalized spacial score (nSPS) is 26.8. The van der Waals surface area contributed by atoms with Crippen LogP contribution in [-0.2, 0) is 4.79 Å². The predicted molar refractivity (Wildman–Crippen MR) is 94.7 cm³/mol. The first kappa shape index (κ1) is 15.9. The van der Waals surface area contributed by atoms with Gasteiger partial charge in [0.1, 0.15) is 0 Å². The molecule has 1 aromatic heterocycles. The molecule has 1 atom stereocenters. The van der Waals surface area contributed by atoms with Crippen molar-refractivity contribution in [3.63, 3.8) is 0 Å². The molecule has 4 nitrogen and oxygen atoms in total. The number of hydrogen-bond donors (Lipinski definition) is 1. The van der Waals surface area contributed by atoms with Crippen LogP contribution in [0, 0.1) is 11.3 Å². The fourth-order valence-corrected chi connectivity index (χ4v) is 4.70. The van der Waals surface area contributed by atoms with Crippen molar-refractivity contribution < 1.29 is 9.59 Å². The number of carbonyl (C=O) groups excluding carboxylic acids is 2. The van der Waals surface area contributed by atoms with Crippen LogP contribution in [0.5, 0.6) is 0 Å². The summed E-state index contributed by atoms with van der Waals surface area (Å²) < 4.78 is 0. The Morgan fingerprint density at radius 2 is 2.25 bits per heavy atom. The Bertz CT molecular complexity index is 663. The molecule has 0 aromatic carbocycles. The van der Waals surface area contributed by atoms with Crippen LogP contribution in [0.15, 0.2) is 29.3 Å². The first-order chi connectivity index (χ1) is 11.7. The second kappa shape index (κ2) is 6.36. The quantitative estimate of drug-likeness (QED) is 0.888. The number of amides is 2. The zero-order valence-electron chi connectivity index (χ0n) is 13.9. The SMILES string of the molecule is O=C(NCC12CCCC=C1N(CC1CC1)C(=O)CC2)c1cccs1. The number of likely N-dealkylation sites (tertiary alicyclic amines) is 1. The molecule has 2 heterocycles. The molecular weight excluding hydrogens is 320 g/mol.